The fraction of sp³-hybridized carbons (Fsp3) is 0.385. The van der Waals surface area contributed by atoms with Gasteiger partial charge in [-0.15, -0.1) is 0 Å². The molecule has 0 unspecified atom stereocenters. The lowest BCUT2D eigenvalue weighted by molar-refractivity contribution is -0.143. The highest BCUT2D eigenvalue weighted by Gasteiger charge is 2.34. The van der Waals surface area contributed by atoms with Crippen LogP contribution in [-0.2, 0) is 33.6 Å². The molecule has 4 rings (SSSR count). The molecule has 0 atom stereocenters. The van der Waals surface area contributed by atoms with E-state index >= 15 is 0 Å². The highest BCUT2D eigenvalue weighted by molar-refractivity contribution is 6.31. The van der Waals surface area contributed by atoms with Gasteiger partial charge in [0.05, 0.1) is 17.7 Å². The lowest BCUT2D eigenvalue weighted by Crippen LogP contribution is -2.31. The molecule has 1 saturated carbocycles. The average molecular weight is 507 g/mol. The summed E-state index contributed by atoms with van der Waals surface area (Å²) in [6.07, 6.45) is -1.17. The van der Waals surface area contributed by atoms with E-state index in [-0.39, 0.29) is 31.5 Å². The van der Waals surface area contributed by atoms with Gasteiger partial charge in [0, 0.05) is 41.2 Å². The van der Waals surface area contributed by atoms with Crippen molar-refractivity contribution >= 4 is 34.4 Å². The van der Waals surface area contributed by atoms with E-state index in [0.29, 0.717) is 33.8 Å². The molecule has 1 heterocycles. The Morgan fingerprint density at radius 3 is 2.49 bits per heavy atom. The fourth-order valence-electron chi connectivity index (χ4n) is 4.26. The summed E-state index contributed by atoms with van der Waals surface area (Å²) >= 11 is 6.21. The molecule has 0 N–H and O–H groups in total. The van der Waals surface area contributed by atoms with Gasteiger partial charge in [-0.1, -0.05) is 23.7 Å². The van der Waals surface area contributed by atoms with Gasteiger partial charge in [0.15, 0.2) is 0 Å². The number of halogens is 4. The minimum atomic E-state index is -4.52. The molecular weight excluding hydrogens is 481 g/mol. The van der Waals surface area contributed by atoms with E-state index in [1.165, 1.54) is 6.07 Å². The third-order valence-corrected chi connectivity index (χ3v) is 6.39. The van der Waals surface area contributed by atoms with Gasteiger partial charge in [0.25, 0.3) is 0 Å². The Bertz CT molecular complexity index is 1260. The summed E-state index contributed by atoms with van der Waals surface area (Å²) < 4.78 is 47.5. The number of fused-ring (bicyclic) bond motifs is 1. The van der Waals surface area contributed by atoms with Crippen LogP contribution in [-0.4, -0.2) is 34.5 Å². The Kier molecular flexibility index (Phi) is 7.12. The third-order valence-electron chi connectivity index (χ3n) is 6.15. The van der Waals surface area contributed by atoms with Crippen LogP contribution in [0.15, 0.2) is 42.6 Å². The van der Waals surface area contributed by atoms with Crippen molar-refractivity contribution in [3.8, 4) is 11.1 Å². The maximum absolute atomic E-state index is 13.6. The zero-order valence-electron chi connectivity index (χ0n) is 19.5. The molecule has 5 nitrogen and oxygen atoms in total. The number of carbonyl (C=O) groups is 2. The predicted molar refractivity (Wildman–Crippen MR) is 128 cm³/mol. The summed E-state index contributed by atoms with van der Waals surface area (Å²) in [5.41, 5.74) is 1.49. The molecule has 0 bridgehead atoms. The van der Waals surface area contributed by atoms with Crippen molar-refractivity contribution in [2.45, 2.75) is 46.0 Å². The number of aromatic nitrogens is 1. The first kappa shape index (κ1) is 25.1. The Hall–Kier alpha value is -3.00. The molecular formula is C26H26ClF3N2O3. The molecule has 1 fully saturated rings. The average Bonchev–Trinajstić information content (AvgIpc) is 3.60. The van der Waals surface area contributed by atoms with Gasteiger partial charge in [-0.3, -0.25) is 9.59 Å². The first-order valence-electron chi connectivity index (χ1n) is 11.6. The van der Waals surface area contributed by atoms with Crippen molar-refractivity contribution < 1.29 is 27.5 Å². The number of benzene rings is 2. The molecule has 2 aromatic carbocycles. The predicted octanol–water partition coefficient (Wildman–Crippen LogP) is 6.30. The molecule has 3 aromatic rings. The summed E-state index contributed by atoms with van der Waals surface area (Å²) in [5.74, 6) is -0.513. The number of ether oxygens (including phenoxy) is 1. The molecule has 1 aliphatic carbocycles. The van der Waals surface area contributed by atoms with Crippen LogP contribution in [0, 0.1) is 5.92 Å². The maximum atomic E-state index is 13.6. The Morgan fingerprint density at radius 2 is 1.86 bits per heavy atom. The van der Waals surface area contributed by atoms with Crippen molar-refractivity contribution in [2.24, 2.45) is 5.92 Å². The van der Waals surface area contributed by atoms with Crippen LogP contribution in [0.2, 0.25) is 5.02 Å². The van der Waals surface area contributed by atoms with E-state index in [9.17, 15) is 22.8 Å². The molecule has 0 radical (unpaired) electrons. The van der Waals surface area contributed by atoms with Crippen LogP contribution in [0.3, 0.4) is 0 Å². The van der Waals surface area contributed by atoms with Crippen LogP contribution in [0.25, 0.3) is 22.0 Å². The fourth-order valence-corrected chi connectivity index (χ4v) is 4.43. The van der Waals surface area contributed by atoms with Gasteiger partial charge in [-0.25, -0.2) is 0 Å². The molecule has 0 aliphatic heterocycles. The van der Waals surface area contributed by atoms with Gasteiger partial charge in [0.1, 0.15) is 6.54 Å². The van der Waals surface area contributed by atoms with Crippen LogP contribution >= 0.6 is 11.6 Å². The lowest BCUT2D eigenvalue weighted by Gasteiger charge is -2.23. The molecule has 1 aliphatic rings. The molecule has 0 spiro atoms. The van der Waals surface area contributed by atoms with Gasteiger partial charge in [-0.2, -0.15) is 13.2 Å². The number of alkyl halides is 3. The number of nitrogens with zero attached hydrogens (tertiary/aromatic N) is 2. The SMILES string of the molecule is CCOC(=O)Cn1cc(-c2ccc(C(F)(F)F)cc2CN(CC)C(=O)C2CC2)c2ccc(Cl)cc21. The van der Waals surface area contributed by atoms with E-state index < -0.39 is 17.7 Å². The quantitative estimate of drug-likeness (QED) is 0.337. The Balaban J connectivity index is 1.84. The van der Waals surface area contributed by atoms with Gasteiger partial charge < -0.3 is 14.2 Å². The Morgan fingerprint density at radius 1 is 1.11 bits per heavy atom. The normalized spacial score (nSPS) is 13.8. The highest BCUT2D eigenvalue weighted by atomic mass is 35.5. The van der Waals surface area contributed by atoms with Crippen molar-refractivity contribution in [3.05, 3.63) is 58.7 Å². The van der Waals surface area contributed by atoms with E-state index in [0.717, 1.165) is 30.4 Å². The second-order valence-corrected chi connectivity index (χ2v) is 9.07. The summed E-state index contributed by atoms with van der Waals surface area (Å²) in [7, 11) is 0. The summed E-state index contributed by atoms with van der Waals surface area (Å²) in [4.78, 5) is 26.5. The maximum Gasteiger partial charge on any atom is 0.416 e. The zero-order chi connectivity index (χ0) is 25.3. The molecule has 1 aromatic heterocycles. The van der Waals surface area contributed by atoms with Crippen molar-refractivity contribution in [1.29, 1.82) is 0 Å². The first-order chi connectivity index (χ1) is 16.6. The van der Waals surface area contributed by atoms with Gasteiger partial charge >= 0.3 is 12.1 Å². The largest absolute Gasteiger partial charge is 0.465 e. The number of esters is 1. The van der Waals surface area contributed by atoms with Gasteiger partial charge in [-0.05, 0) is 62.1 Å². The molecule has 186 valence electrons. The van der Waals surface area contributed by atoms with E-state index in [2.05, 4.69) is 0 Å². The van der Waals surface area contributed by atoms with Crippen LogP contribution in [0.1, 0.15) is 37.8 Å². The van der Waals surface area contributed by atoms with Crippen LogP contribution in [0.4, 0.5) is 13.2 Å². The molecule has 0 saturated heterocycles. The number of hydrogen-bond acceptors (Lipinski definition) is 3. The number of carbonyl (C=O) groups excluding carboxylic acids is 2. The lowest BCUT2D eigenvalue weighted by atomic mass is 9.96. The Labute approximate surface area is 206 Å². The number of amides is 1. The minimum Gasteiger partial charge on any atom is -0.465 e. The third kappa shape index (κ3) is 5.48. The second-order valence-electron chi connectivity index (χ2n) is 8.63. The minimum absolute atomic E-state index is 0.0348. The van der Waals surface area contributed by atoms with Crippen molar-refractivity contribution in [3.63, 3.8) is 0 Å². The number of hydrogen-bond donors (Lipinski definition) is 0. The van der Waals surface area contributed by atoms with E-state index in [1.807, 2.05) is 6.92 Å². The van der Waals surface area contributed by atoms with Crippen LogP contribution < -0.4 is 0 Å². The van der Waals surface area contributed by atoms with Crippen LogP contribution in [0.5, 0.6) is 0 Å². The second kappa shape index (κ2) is 9.93. The van der Waals surface area contributed by atoms with E-state index in [1.54, 1.807) is 40.8 Å². The zero-order valence-corrected chi connectivity index (χ0v) is 20.2. The first-order valence-corrected chi connectivity index (χ1v) is 11.9. The highest BCUT2D eigenvalue weighted by Crippen LogP contribution is 2.39. The summed E-state index contributed by atoms with van der Waals surface area (Å²) in [6, 6.07) is 8.78. The molecule has 35 heavy (non-hydrogen) atoms. The topological polar surface area (TPSA) is 51.5 Å². The summed E-state index contributed by atoms with van der Waals surface area (Å²) in [5, 5.41) is 1.20. The van der Waals surface area contributed by atoms with Crippen molar-refractivity contribution in [1.82, 2.24) is 9.47 Å². The summed E-state index contributed by atoms with van der Waals surface area (Å²) in [6.45, 7) is 4.15. The monoisotopic (exact) mass is 506 g/mol. The van der Waals surface area contributed by atoms with Crippen molar-refractivity contribution in [2.75, 3.05) is 13.2 Å². The van der Waals surface area contributed by atoms with E-state index in [4.69, 9.17) is 16.3 Å². The number of rotatable bonds is 8. The molecule has 9 heteroatoms. The standard InChI is InChI=1S/C26H26ClF3N2O3/c1-3-31(25(34)16-5-6-16)13-17-11-18(26(28,29)30)7-9-20(17)22-14-32(15-24(33)35-4-2)23-12-19(27)8-10-21(22)23/h7-12,14,16H,3-6,13,15H2,1-2H3. The smallest absolute Gasteiger partial charge is 0.416 e. The molecule has 1 amide bonds. The van der Waals surface area contributed by atoms with Gasteiger partial charge in [0.2, 0.25) is 5.91 Å².